The number of benzene rings is 3. The second-order valence-electron chi connectivity index (χ2n) is 15.6. The summed E-state index contributed by atoms with van der Waals surface area (Å²) in [7, 11) is -0.914. The Kier molecular flexibility index (Phi) is 13.4. The molecule has 3 aromatic carbocycles. The Hall–Kier alpha value is -5.50. The molecule has 0 spiro atoms. The van der Waals surface area contributed by atoms with Crippen LogP contribution in [-0.4, -0.2) is 97.2 Å². The van der Waals surface area contributed by atoms with Gasteiger partial charge in [0, 0.05) is 54.8 Å². The molecule has 60 heavy (non-hydrogen) atoms. The van der Waals surface area contributed by atoms with E-state index in [9.17, 15) is 23.7 Å². The summed E-state index contributed by atoms with van der Waals surface area (Å²) in [6.45, 7) is 6.88. The zero-order valence-electron chi connectivity index (χ0n) is 34.1. The number of hydrogen-bond acceptors (Lipinski definition) is 13. The fourth-order valence-electron chi connectivity index (χ4n) is 7.93. The van der Waals surface area contributed by atoms with Crippen LogP contribution in [0.2, 0.25) is 5.02 Å². The number of hydrogen-bond donors (Lipinski definition) is 5. The molecule has 15 nitrogen and oxygen atoms in total. The van der Waals surface area contributed by atoms with Gasteiger partial charge < -0.3 is 35.5 Å². The van der Waals surface area contributed by atoms with Crippen molar-refractivity contribution >= 4 is 82.2 Å². The average Bonchev–Trinajstić information content (AvgIpc) is 3.49. The molecule has 2 saturated heterocycles. The fraction of sp³-hybridized carbons (Fsp3) is 0.395. The first-order valence-electron chi connectivity index (χ1n) is 20.4. The molecular formula is C43H51ClN9O6P. The zero-order valence-corrected chi connectivity index (χ0v) is 35.7. The highest BCUT2D eigenvalue weighted by Crippen LogP contribution is 2.39. The number of fused-ring (bicyclic) bond motifs is 1. The van der Waals surface area contributed by atoms with Gasteiger partial charge in [0.05, 0.1) is 35.8 Å². The van der Waals surface area contributed by atoms with E-state index in [4.69, 9.17) is 16.3 Å². The minimum atomic E-state index is -2.55. The molecule has 3 aliphatic heterocycles. The number of nitrogens with one attached hydrogen (secondary N) is 5. The van der Waals surface area contributed by atoms with Crippen LogP contribution in [0.25, 0.3) is 0 Å². The lowest BCUT2D eigenvalue weighted by atomic mass is 10.0. The standard InChI is InChI=1S/C43H51ClN9O6P/c1-59-35-25-28(15-16-31(35)49-43-47-26-30(44)39(51-43)48-32-12-6-7-14-36(32)60(2,3)58)52-23-19-27(20-24-52)45-21-8-4-5-9-22-46-33-13-10-11-29-38(33)42(57)53(41(29)56)34-17-18-37(54)50-40(34)55/h6-7,10-16,25-27,34,45-46H,4-5,8-9,17-24H2,1-3H3,(H,50,54,55)(H2,47,48,49,51). The van der Waals surface area contributed by atoms with Gasteiger partial charge in [-0.15, -0.1) is 0 Å². The third-order valence-electron chi connectivity index (χ3n) is 11.1. The van der Waals surface area contributed by atoms with Crippen LogP contribution < -0.4 is 41.5 Å². The van der Waals surface area contributed by atoms with Crippen LogP contribution in [0.4, 0.5) is 34.5 Å². The quantitative estimate of drug-likeness (QED) is 0.0440. The summed E-state index contributed by atoms with van der Waals surface area (Å²) in [6.07, 6.45) is 7.83. The van der Waals surface area contributed by atoms with Crippen LogP contribution in [-0.2, 0) is 14.2 Å². The summed E-state index contributed by atoms with van der Waals surface area (Å²) < 4.78 is 18.7. The van der Waals surface area contributed by atoms with Crippen LogP contribution >= 0.6 is 18.7 Å². The summed E-state index contributed by atoms with van der Waals surface area (Å²) in [5.41, 5.74) is 3.61. The van der Waals surface area contributed by atoms with Gasteiger partial charge in [-0.2, -0.15) is 4.98 Å². The van der Waals surface area contributed by atoms with Crippen LogP contribution in [0.15, 0.2) is 66.9 Å². The van der Waals surface area contributed by atoms with Crippen LogP contribution in [0, 0.1) is 0 Å². The summed E-state index contributed by atoms with van der Waals surface area (Å²) in [6, 6.07) is 18.1. The molecule has 0 radical (unpaired) electrons. The third kappa shape index (κ3) is 9.75. The number of piperidine rings is 2. The van der Waals surface area contributed by atoms with Gasteiger partial charge in [0.2, 0.25) is 17.8 Å². The maximum absolute atomic E-state index is 13.3. The normalized spacial score (nSPS) is 17.1. The number of amides is 4. The molecular weight excluding hydrogens is 805 g/mol. The number of ether oxygens (including phenoxy) is 1. The summed E-state index contributed by atoms with van der Waals surface area (Å²) in [4.78, 5) is 62.8. The number of rotatable bonds is 17. The molecule has 316 valence electrons. The molecule has 0 bridgehead atoms. The topological polar surface area (TPSA) is 187 Å². The molecule has 4 amide bonds. The molecule has 1 atom stereocenters. The molecule has 17 heteroatoms. The lowest BCUT2D eigenvalue weighted by Gasteiger charge is -2.34. The first-order valence-corrected chi connectivity index (χ1v) is 23.3. The highest BCUT2D eigenvalue weighted by molar-refractivity contribution is 7.70. The van der Waals surface area contributed by atoms with Crippen molar-refractivity contribution in [3.8, 4) is 5.75 Å². The molecule has 7 rings (SSSR count). The Morgan fingerprint density at radius 2 is 1.62 bits per heavy atom. The van der Waals surface area contributed by atoms with Gasteiger partial charge >= 0.3 is 0 Å². The second-order valence-corrected chi connectivity index (χ2v) is 19.2. The number of anilines is 6. The van der Waals surface area contributed by atoms with Crippen molar-refractivity contribution in [2.75, 3.05) is 67.5 Å². The lowest BCUT2D eigenvalue weighted by molar-refractivity contribution is -0.136. The van der Waals surface area contributed by atoms with Gasteiger partial charge in [-0.3, -0.25) is 29.4 Å². The van der Waals surface area contributed by atoms with Gasteiger partial charge in [0.1, 0.15) is 24.0 Å². The number of nitrogens with zero attached hydrogens (tertiary/aromatic N) is 4. The maximum Gasteiger partial charge on any atom is 0.264 e. The monoisotopic (exact) mass is 855 g/mol. The van der Waals surface area contributed by atoms with Gasteiger partial charge in [0.15, 0.2) is 5.82 Å². The van der Waals surface area contributed by atoms with Crippen molar-refractivity contribution in [2.45, 2.75) is 63.5 Å². The first kappa shape index (κ1) is 42.6. The SMILES string of the molecule is COc1cc(N2CCC(NCCCCCCNc3cccc4c3C(=O)N(C3CCC(=O)NC3=O)C4=O)CC2)ccc1Nc1ncc(Cl)c(Nc2ccccc2P(C)(C)=O)n1. The van der Waals surface area contributed by atoms with Crippen LogP contribution in [0.5, 0.6) is 5.75 Å². The molecule has 1 aromatic heterocycles. The smallest absolute Gasteiger partial charge is 0.264 e. The van der Waals surface area contributed by atoms with E-state index in [-0.39, 0.29) is 24.0 Å². The fourth-order valence-corrected chi connectivity index (χ4v) is 9.22. The minimum absolute atomic E-state index is 0.0857. The lowest BCUT2D eigenvalue weighted by Crippen LogP contribution is -2.54. The highest BCUT2D eigenvalue weighted by Gasteiger charge is 2.45. The summed E-state index contributed by atoms with van der Waals surface area (Å²) in [5.74, 6) is -0.636. The second kappa shape index (κ2) is 18.8. The minimum Gasteiger partial charge on any atom is -0.494 e. The zero-order chi connectivity index (χ0) is 42.4. The Labute approximate surface area is 354 Å². The predicted molar refractivity (Wildman–Crippen MR) is 235 cm³/mol. The number of halogens is 1. The Morgan fingerprint density at radius 3 is 2.37 bits per heavy atom. The number of unbranched alkanes of at least 4 members (excludes halogenated alkanes) is 3. The predicted octanol–water partition coefficient (Wildman–Crippen LogP) is 6.51. The van der Waals surface area contributed by atoms with E-state index in [0.29, 0.717) is 57.5 Å². The maximum atomic E-state index is 13.3. The molecule has 2 fully saturated rings. The number of methoxy groups -OCH3 is 1. The molecule has 5 N–H and O–H groups in total. The molecule has 1 unspecified atom stereocenters. The van der Waals surface area contributed by atoms with Crippen molar-refractivity contribution in [3.05, 3.63) is 83.0 Å². The summed E-state index contributed by atoms with van der Waals surface area (Å²) >= 11 is 6.46. The Balaban J connectivity index is 0.823. The Morgan fingerprint density at radius 1 is 0.867 bits per heavy atom. The molecule has 4 aromatic rings. The van der Waals surface area contributed by atoms with E-state index < -0.39 is 36.8 Å². The van der Waals surface area contributed by atoms with E-state index in [1.807, 2.05) is 36.4 Å². The van der Waals surface area contributed by atoms with E-state index in [0.717, 1.165) is 68.7 Å². The van der Waals surface area contributed by atoms with E-state index >= 15 is 0 Å². The van der Waals surface area contributed by atoms with Gasteiger partial charge in [0.25, 0.3) is 11.8 Å². The molecule has 0 saturated carbocycles. The van der Waals surface area contributed by atoms with Crippen molar-refractivity contribution < 1.29 is 28.5 Å². The number of aromatic nitrogens is 2. The van der Waals surface area contributed by atoms with Gasteiger partial charge in [-0.25, -0.2) is 4.98 Å². The summed E-state index contributed by atoms with van der Waals surface area (Å²) in [5, 5.41) is 16.8. The number of carbonyl (C=O) groups is 4. The van der Waals surface area contributed by atoms with E-state index in [2.05, 4.69) is 47.5 Å². The molecule has 4 heterocycles. The number of imide groups is 2. The number of carbonyl (C=O) groups excluding carboxylic acids is 4. The van der Waals surface area contributed by atoms with Crippen molar-refractivity contribution in [3.63, 3.8) is 0 Å². The molecule has 0 aliphatic carbocycles. The number of para-hydroxylation sites is 1. The Bertz CT molecular complexity index is 2310. The van der Waals surface area contributed by atoms with Crippen LogP contribution in [0.1, 0.15) is 72.1 Å². The van der Waals surface area contributed by atoms with E-state index in [1.54, 1.807) is 38.6 Å². The average molecular weight is 856 g/mol. The van der Waals surface area contributed by atoms with E-state index in [1.165, 1.54) is 6.20 Å². The largest absolute Gasteiger partial charge is 0.494 e. The first-order chi connectivity index (χ1) is 28.9. The van der Waals surface area contributed by atoms with Crippen molar-refractivity contribution in [2.24, 2.45) is 0 Å². The highest BCUT2D eigenvalue weighted by atomic mass is 35.5. The third-order valence-corrected chi connectivity index (χ3v) is 12.9. The van der Waals surface area contributed by atoms with Gasteiger partial charge in [-0.1, -0.05) is 42.6 Å². The van der Waals surface area contributed by atoms with Crippen molar-refractivity contribution in [1.29, 1.82) is 0 Å². The van der Waals surface area contributed by atoms with Crippen LogP contribution in [0.3, 0.4) is 0 Å². The molecule has 3 aliphatic rings. The van der Waals surface area contributed by atoms with Gasteiger partial charge in [-0.05, 0) is 88.4 Å². The van der Waals surface area contributed by atoms with Crippen molar-refractivity contribution in [1.82, 2.24) is 25.5 Å².